The van der Waals surface area contributed by atoms with Gasteiger partial charge in [0, 0.05) is 12.2 Å². The number of rotatable bonds is 5. The summed E-state index contributed by atoms with van der Waals surface area (Å²) in [4.78, 5) is 21.1. The third-order valence-electron chi connectivity index (χ3n) is 1.96. The van der Waals surface area contributed by atoms with Crippen LogP contribution in [0.1, 0.15) is 10.4 Å². The zero-order chi connectivity index (χ0) is 12.1. The zero-order valence-corrected chi connectivity index (χ0v) is 8.38. The molecule has 0 radical (unpaired) electrons. The van der Waals surface area contributed by atoms with Crippen LogP contribution in [0.2, 0.25) is 0 Å². The molecular weight excluding hydrogens is 212 g/mol. The number of primary amides is 1. The minimum Gasteiger partial charge on any atom is -0.478 e. The van der Waals surface area contributed by atoms with Gasteiger partial charge in [0.1, 0.15) is 6.10 Å². The Morgan fingerprint density at radius 2 is 1.88 bits per heavy atom. The fourth-order valence-electron chi connectivity index (χ4n) is 1.05. The third kappa shape index (κ3) is 3.25. The predicted molar refractivity (Wildman–Crippen MR) is 57.1 cm³/mol. The Morgan fingerprint density at radius 1 is 1.31 bits per heavy atom. The van der Waals surface area contributed by atoms with E-state index in [2.05, 4.69) is 5.32 Å². The van der Waals surface area contributed by atoms with Gasteiger partial charge in [-0.3, -0.25) is 4.79 Å². The first kappa shape index (κ1) is 12.0. The molecule has 0 saturated heterocycles. The molecule has 0 aliphatic rings. The highest BCUT2D eigenvalue weighted by molar-refractivity contribution is 5.88. The van der Waals surface area contributed by atoms with Gasteiger partial charge in [-0.25, -0.2) is 4.79 Å². The fraction of sp³-hybridized carbons (Fsp3) is 0.200. The van der Waals surface area contributed by atoms with Gasteiger partial charge in [0.15, 0.2) is 0 Å². The first-order chi connectivity index (χ1) is 7.50. The molecule has 1 aromatic rings. The van der Waals surface area contributed by atoms with Crippen LogP contribution in [-0.2, 0) is 4.79 Å². The van der Waals surface area contributed by atoms with Crippen molar-refractivity contribution in [3.05, 3.63) is 29.8 Å². The van der Waals surface area contributed by atoms with E-state index in [0.717, 1.165) is 0 Å². The number of benzene rings is 1. The quantitative estimate of drug-likeness (QED) is 0.545. The molecule has 0 fully saturated rings. The molecule has 86 valence electrons. The Morgan fingerprint density at radius 3 is 2.31 bits per heavy atom. The van der Waals surface area contributed by atoms with Gasteiger partial charge in [-0.2, -0.15) is 0 Å². The van der Waals surface area contributed by atoms with E-state index in [9.17, 15) is 9.59 Å². The first-order valence-corrected chi connectivity index (χ1v) is 4.55. The lowest BCUT2D eigenvalue weighted by Crippen LogP contribution is -2.34. The lowest BCUT2D eigenvalue weighted by atomic mass is 10.2. The van der Waals surface area contributed by atoms with E-state index in [1.54, 1.807) is 0 Å². The number of nitrogens with two attached hydrogens (primary N) is 1. The number of carbonyl (C=O) groups excluding carboxylic acids is 1. The van der Waals surface area contributed by atoms with Crippen molar-refractivity contribution < 1.29 is 19.8 Å². The summed E-state index contributed by atoms with van der Waals surface area (Å²) in [7, 11) is 0. The van der Waals surface area contributed by atoms with Crippen LogP contribution in [0.25, 0.3) is 0 Å². The van der Waals surface area contributed by atoms with E-state index in [1.165, 1.54) is 24.3 Å². The SMILES string of the molecule is NC(=O)C(O)CNc1ccc(C(=O)O)cc1. The number of aromatic carboxylic acids is 1. The van der Waals surface area contributed by atoms with E-state index in [1.807, 2.05) is 0 Å². The summed E-state index contributed by atoms with van der Waals surface area (Å²) in [6.07, 6.45) is -1.26. The molecule has 0 aliphatic heterocycles. The molecule has 0 spiro atoms. The summed E-state index contributed by atoms with van der Waals surface area (Å²) in [6.45, 7) is -0.0122. The maximum atomic E-state index is 10.5. The summed E-state index contributed by atoms with van der Waals surface area (Å²) in [6, 6.07) is 5.91. The average molecular weight is 224 g/mol. The van der Waals surface area contributed by atoms with Crippen molar-refractivity contribution in [1.29, 1.82) is 0 Å². The van der Waals surface area contributed by atoms with Crippen molar-refractivity contribution in [3.63, 3.8) is 0 Å². The fourth-order valence-corrected chi connectivity index (χ4v) is 1.05. The maximum absolute atomic E-state index is 10.5. The van der Waals surface area contributed by atoms with Crippen LogP contribution in [0.5, 0.6) is 0 Å². The van der Waals surface area contributed by atoms with Gasteiger partial charge in [-0.05, 0) is 24.3 Å². The molecule has 6 heteroatoms. The van der Waals surface area contributed by atoms with Crippen LogP contribution in [0, 0.1) is 0 Å². The van der Waals surface area contributed by atoms with Gasteiger partial charge in [0.25, 0.3) is 0 Å². The van der Waals surface area contributed by atoms with Gasteiger partial charge in [0.2, 0.25) is 5.91 Å². The molecule has 1 aromatic carbocycles. The molecular formula is C10H12N2O4. The zero-order valence-electron chi connectivity index (χ0n) is 8.38. The summed E-state index contributed by atoms with van der Waals surface area (Å²) in [5.74, 6) is -1.82. The molecule has 1 amide bonds. The van der Waals surface area contributed by atoms with Crippen LogP contribution < -0.4 is 11.1 Å². The molecule has 1 rings (SSSR count). The van der Waals surface area contributed by atoms with E-state index in [-0.39, 0.29) is 12.1 Å². The van der Waals surface area contributed by atoms with Crippen molar-refractivity contribution in [2.24, 2.45) is 5.73 Å². The van der Waals surface area contributed by atoms with Gasteiger partial charge in [0.05, 0.1) is 5.56 Å². The lowest BCUT2D eigenvalue weighted by molar-refractivity contribution is -0.125. The largest absolute Gasteiger partial charge is 0.478 e. The van der Waals surface area contributed by atoms with Crippen LogP contribution in [0.15, 0.2) is 24.3 Å². The number of aliphatic hydroxyl groups excluding tert-OH is 1. The van der Waals surface area contributed by atoms with Crippen LogP contribution >= 0.6 is 0 Å². The van der Waals surface area contributed by atoms with E-state index in [0.29, 0.717) is 5.69 Å². The number of aliphatic hydroxyl groups is 1. The van der Waals surface area contributed by atoms with E-state index >= 15 is 0 Å². The van der Waals surface area contributed by atoms with Crippen molar-refractivity contribution in [2.45, 2.75) is 6.10 Å². The van der Waals surface area contributed by atoms with Crippen molar-refractivity contribution in [2.75, 3.05) is 11.9 Å². The van der Waals surface area contributed by atoms with E-state index in [4.69, 9.17) is 15.9 Å². The van der Waals surface area contributed by atoms with Crippen LogP contribution in [0.3, 0.4) is 0 Å². The number of amides is 1. The first-order valence-electron chi connectivity index (χ1n) is 4.55. The third-order valence-corrected chi connectivity index (χ3v) is 1.96. The van der Waals surface area contributed by atoms with Gasteiger partial charge in [-0.15, -0.1) is 0 Å². The molecule has 1 unspecified atom stereocenters. The molecule has 0 aliphatic carbocycles. The van der Waals surface area contributed by atoms with Crippen molar-refractivity contribution in [3.8, 4) is 0 Å². The lowest BCUT2D eigenvalue weighted by Gasteiger charge is -2.09. The number of carbonyl (C=O) groups is 2. The molecule has 0 bridgehead atoms. The average Bonchev–Trinajstić information content (AvgIpc) is 2.26. The topological polar surface area (TPSA) is 113 Å². The van der Waals surface area contributed by atoms with Crippen molar-refractivity contribution in [1.82, 2.24) is 0 Å². The molecule has 16 heavy (non-hydrogen) atoms. The van der Waals surface area contributed by atoms with Gasteiger partial charge in [-0.1, -0.05) is 0 Å². The Bertz CT molecular complexity index is 388. The molecule has 0 saturated carbocycles. The Hall–Kier alpha value is -2.08. The van der Waals surface area contributed by atoms with Crippen LogP contribution in [0.4, 0.5) is 5.69 Å². The number of carboxylic acid groups (broad SMARTS) is 1. The number of hydrogen-bond acceptors (Lipinski definition) is 4. The standard InChI is InChI=1S/C10H12N2O4/c11-9(14)8(13)5-12-7-3-1-6(2-4-7)10(15)16/h1-4,8,12-13H,5H2,(H2,11,14)(H,15,16). The highest BCUT2D eigenvalue weighted by Crippen LogP contribution is 2.09. The molecule has 0 aromatic heterocycles. The summed E-state index contributed by atoms with van der Waals surface area (Å²) in [5.41, 5.74) is 5.63. The summed E-state index contributed by atoms with van der Waals surface area (Å²) < 4.78 is 0. The monoisotopic (exact) mass is 224 g/mol. The van der Waals surface area contributed by atoms with Gasteiger partial charge < -0.3 is 21.3 Å². The smallest absolute Gasteiger partial charge is 0.335 e. The number of carboxylic acids is 1. The highest BCUT2D eigenvalue weighted by Gasteiger charge is 2.09. The summed E-state index contributed by atoms with van der Waals surface area (Å²) in [5, 5.41) is 20.5. The minimum atomic E-state index is -1.26. The number of hydrogen-bond donors (Lipinski definition) is 4. The van der Waals surface area contributed by atoms with Crippen LogP contribution in [-0.4, -0.2) is 34.7 Å². The molecule has 1 atom stereocenters. The molecule has 0 heterocycles. The minimum absolute atomic E-state index is 0.0122. The highest BCUT2D eigenvalue weighted by atomic mass is 16.4. The Labute approximate surface area is 91.7 Å². The number of nitrogens with one attached hydrogen (secondary N) is 1. The second kappa shape index (κ2) is 5.13. The molecule has 6 nitrogen and oxygen atoms in total. The van der Waals surface area contributed by atoms with E-state index < -0.39 is 18.0 Å². The predicted octanol–water partition coefficient (Wildman–Crippen LogP) is -0.357. The normalized spacial score (nSPS) is 11.8. The second-order valence-electron chi connectivity index (χ2n) is 3.18. The Kier molecular flexibility index (Phi) is 3.84. The second-order valence-corrected chi connectivity index (χ2v) is 3.18. The number of anilines is 1. The maximum Gasteiger partial charge on any atom is 0.335 e. The van der Waals surface area contributed by atoms with Crippen molar-refractivity contribution >= 4 is 17.6 Å². The van der Waals surface area contributed by atoms with Gasteiger partial charge >= 0.3 is 5.97 Å². The summed E-state index contributed by atoms with van der Waals surface area (Å²) >= 11 is 0. The Balaban J connectivity index is 2.56. The molecule has 5 N–H and O–H groups in total.